The normalized spacial score (nSPS) is 15.1. The lowest BCUT2D eigenvalue weighted by molar-refractivity contribution is 0.285. The third-order valence-corrected chi connectivity index (χ3v) is 8.74. The molecule has 0 aromatic carbocycles. The van der Waals surface area contributed by atoms with E-state index in [0.717, 1.165) is 12.8 Å². The summed E-state index contributed by atoms with van der Waals surface area (Å²) in [6.07, 6.45) is 13.0. The topological polar surface area (TPSA) is 0 Å². The first-order valence-corrected chi connectivity index (χ1v) is 13.7. The van der Waals surface area contributed by atoms with Gasteiger partial charge in [-0.15, -0.1) is 33.2 Å². The van der Waals surface area contributed by atoms with E-state index >= 15 is 0 Å². The van der Waals surface area contributed by atoms with Gasteiger partial charge in [-0.2, -0.15) is 0 Å². The fourth-order valence-corrected chi connectivity index (χ4v) is 3.81. The zero-order chi connectivity index (χ0) is 16.1. The summed E-state index contributed by atoms with van der Waals surface area (Å²) in [7, 11) is 0. The van der Waals surface area contributed by atoms with Crippen LogP contribution in [-0.2, 0) is 0 Å². The van der Waals surface area contributed by atoms with Gasteiger partial charge in [-0.25, -0.2) is 4.39 Å². The summed E-state index contributed by atoms with van der Waals surface area (Å²) in [6, 6.07) is -2.73. The van der Waals surface area contributed by atoms with Crippen molar-refractivity contribution < 1.29 is 4.39 Å². The number of hydrogen-bond donors (Lipinski definition) is 0. The minimum Gasteiger partial charge on any atom is -0.247 e. The average molecular weight is 378 g/mol. The Kier molecular flexibility index (Phi) is 14.1. The van der Waals surface area contributed by atoms with Gasteiger partial charge in [-0.1, -0.05) is 78.1 Å². The van der Waals surface area contributed by atoms with E-state index < -0.39 is 12.2 Å². The minimum absolute atomic E-state index is 0.0966. The molecule has 0 saturated carbocycles. The van der Waals surface area contributed by atoms with Crippen molar-refractivity contribution >= 4 is 39.2 Å². The number of unbranched alkanes of at least 4 members (excludes halogenated alkanes) is 9. The molecule has 0 aromatic heterocycles. The fourth-order valence-electron chi connectivity index (χ4n) is 2.49. The smallest absolute Gasteiger partial charge is 0.247 e. The second-order valence-electron chi connectivity index (χ2n) is 6.25. The number of halogens is 4. The van der Waals surface area contributed by atoms with Crippen molar-refractivity contribution in [1.29, 1.82) is 0 Å². The fraction of sp³-hybridized carbons (Fsp3) is 1.00. The number of alkyl halides is 1. The van der Waals surface area contributed by atoms with Crippen LogP contribution in [0.15, 0.2) is 0 Å². The van der Waals surface area contributed by atoms with Crippen LogP contribution in [0.2, 0.25) is 5.54 Å². The highest BCUT2D eigenvalue weighted by Gasteiger charge is 2.34. The SMILES string of the molecule is CCCCCCCCCCCCC(F)CC(C)[Si](Cl)(Cl)Cl. The molecule has 0 aliphatic heterocycles. The first-order valence-electron chi connectivity index (χ1n) is 8.58. The molecule has 0 nitrogen and oxygen atoms in total. The molecule has 5 heteroatoms. The molecule has 0 aliphatic carbocycles. The van der Waals surface area contributed by atoms with Gasteiger partial charge in [0.2, 0.25) is 0 Å². The maximum Gasteiger partial charge on any atom is 0.344 e. The van der Waals surface area contributed by atoms with E-state index in [9.17, 15) is 4.39 Å². The molecule has 0 spiro atoms. The quantitative estimate of drug-likeness (QED) is 0.163. The van der Waals surface area contributed by atoms with E-state index in [-0.39, 0.29) is 5.54 Å². The highest BCUT2D eigenvalue weighted by molar-refractivity contribution is 7.65. The van der Waals surface area contributed by atoms with Gasteiger partial charge in [0.15, 0.2) is 0 Å². The third kappa shape index (κ3) is 14.3. The first kappa shape index (κ1) is 22.0. The van der Waals surface area contributed by atoms with Crippen molar-refractivity contribution in [1.82, 2.24) is 0 Å². The van der Waals surface area contributed by atoms with Gasteiger partial charge in [0, 0.05) is 0 Å². The molecule has 128 valence electrons. The van der Waals surface area contributed by atoms with Gasteiger partial charge in [0.25, 0.3) is 0 Å². The summed E-state index contributed by atoms with van der Waals surface area (Å²) in [5, 5.41) is 0. The molecule has 0 fully saturated rings. The van der Waals surface area contributed by atoms with Crippen molar-refractivity contribution in [3.63, 3.8) is 0 Å². The monoisotopic (exact) mass is 376 g/mol. The summed E-state index contributed by atoms with van der Waals surface area (Å²) >= 11 is 17.7. The molecular formula is C16H32Cl3FSi. The van der Waals surface area contributed by atoms with Crippen LogP contribution in [0.25, 0.3) is 0 Å². The molecule has 0 aliphatic rings. The van der Waals surface area contributed by atoms with Crippen LogP contribution in [0.5, 0.6) is 0 Å². The van der Waals surface area contributed by atoms with E-state index in [1.165, 1.54) is 51.4 Å². The van der Waals surface area contributed by atoms with Crippen molar-refractivity contribution in [3.05, 3.63) is 0 Å². The van der Waals surface area contributed by atoms with Crippen LogP contribution in [-0.4, -0.2) is 12.2 Å². The van der Waals surface area contributed by atoms with Crippen molar-refractivity contribution in [2.24, 2.45) is 0 Å². The zero-order valence-electron chi connectivity index (χ0n) is 13.7. The molecule has 0 bridgehead atoms. The summed E-state index contributed by atoms with van der Waals surface area (Å²) in [4.78, 5) is 0. The van der Waals surface area contributed by atoms with Crippen LogP contribution < -0.4 is 0 Å². The summed E-state index contributed by atoms with van der Waals surface area (Å²) < 4.78 is 13.8. The molecule has 2 unspecified atom stereocenters. The van der Waals surface area contributed by atoms with Crippen LogP contribution >= 0.6 is 33.2 Å². The van der Waals surface area contributed by atoms with Gasteiger partial charge in [0.05, 0.1) is 0 Å². The second-order valence-corrected chi connectivity index (χ2v) is 15.4. The molecule has 0 saturated heterocycles. The third-order valence-electron chi connectivity index (χ3n) is 4.04. The first-order chi connectivity index (χ1) is 9.88. The van der Waals surface area contributed by atoms with Crippen LogP contribution in [0, 0.1) is 0 Å². The zero-order valence-corrected chi connectivity index (χ0v) is 16.9. The number of rotatable bonds is 14. The van der Waals surface area contributed by atoms with E-state index in [1.54, 1.807) is 0 Å². The molecule has 0 aromatic rings. The Hall–Kier alpha value is 1.02. The van der Waals surface area contributed by atoms with Gasteiger partial charge in [-0.3, -0.25) is 0 Å². The molecule has 0 amide bonds. The van der Waals surface area contributed by atoms with Crippen molar-refractivity contribution in [2.45, 2.75) is 103 Å². The second kappa shape index (κ2) is 13.5. The molecule has 2 atom stereocenters. The maximum atomic E-state index is 13.8. The molecule has 0 rings (SSSR count). The largest absolute Gasteiger partial charge is 0.344 e. The number of hydrogen-bond acceptors (Lipinski definition) is 0. The predicted molar refractivity (Wildman–Crippen MR) is 98.7 cm³/mol. The van der Waals surface area contributed by atoms with Crippen molar-refractivity contribution in [2.75, 3.05) is 0 Å². The van der Waals surface area contributed by atoms with E-state index in [0.29, 0.717) is 12.8 Å². The van der Waals surface area contributed by atoms with Crippen LogP contribution in [0.1, 0.15) is 90.9 Å². The molecule has 21 heavy (non-hydrogen) atoms. The van der Waals surface area contributed by atoms with Gasteiger partial charge in [0.1, 0.15) is 6.17 Å². The Morgan fingerprint density at radius 3 is 1.67 bits per heavy atom. The molecular weight excluding hydrogens is 346 g/mol. The summed E-state index contributed by atoms with van der Waals surface area (Å²) in [5.74, 6) is 0. The lowest BCUT2D eigenvalue weighted by Crippen LogP contribution is -2.20. The van der Waals surface area contributed by atoms with E-state index in [4.69, 9.17) is 33.2 Å². The lowest BCUT2D eigenvalue weighted by Gasteiger charge is -2.19. The maximum absolute atomic E-state index is 13.8. The highest BCUT2D eigenvalue weighted by atomic mass is 35.8. The van der Waals surface area contributed by atoms with Crippen LogP contribution in [0.4, 0.5) is 4.39 Å². The van der Waals surface area contributed by atoms with E-state index in [2.05, 4.69) is 6.92 Å². The van der Waals surface area contributed by atoms with Crippen LogP contribution in [0.3, 0.4) is 0 Å². The minimum atomic E-state index is -2.73. The van der Waals surface area contributed by atoms with Gasteiger partial charge < -0.3 is 0 Å². The Morgan fingerprint density at radius 1 is 0.810 bits per heavy atom. The average Bonchev–Trinajstić information content (AvgIpc) is 2.39. The van der Waals surface area contributed by atoms with Gasteiger partial charge in [-0.05, 0) is 18.4 Å². The standard InChI is InChI=1S/C16H32Cl3FSi/c1-3-4-5-6-7-8-9-10-11-12-13-16(20)14-15(2)21(17,18)19/h15-16H,3-14H2,1-2H3. The lowest BCUT2D eigenvalue weighted by atomic mass is 10.0. The Bertz CT molecular complexity index is 234. The van der Waals surface area contributed by atoms with Gasteiger partial charge >= 0.3 is 6.00 Å². The highest BCUT2D eigenvalue weighted by Crippen LogP contribution is 2.37. The van der Waals surface area contributed by atoms with Crippen molar-refractivity contribution in [3.8, 4) is 0 Å². The molecule has 0 N–H and O–H groups in total. The summed E-state index contributed by atoms with van der Waals surface area (Å²) in [5.41, 5.74) is -0.0966. The Balaban J connectivity index is 3.35. The predicted octanol–water partition coefficient (Wildman–Crippen LogP) is 8.07. The Morgan fingerprint density at radius 2 is 1.24 bits per heavy atom. The van der Waals surface area contributed by atoms with E-state index in [1.807, 2.05) is 6.92 Å². The molecule has 0 heterocycles. The Labute approximate surface area is 146 Å². The molecule has 0 radical (unpaired) electrons. The summed E-state index contributed by atoms with van der Waals surface area (Å²) in [6.45, 7) is 4.10.